The maximum atomic E-state index is 14.7. The summed E-state index contributed by atoms with van der Waals surface area (Å²) in [6.45, 7) is 4.50. The summed E-state index contributed by atoms with van der Waals surface area (Å²) >= 11 is 0. The first kappa shape index (κ1) is 23.4. The van der Waals surface area contributed by atoms with Crippen molar-refractivity contribution in [1.29, 1.82) is 0 Å². The molecule has 0 radical (unpaired) electrons. The van der Waals surface area contributed by atoms with Gasteiger partial charge in [0, 0.05) is 11.1 Å². The summed E-state index contributed by atoms with van der Waals surface area (Å²) in [4.78, 5) is 0. The summed E-state index contributed by atoms with van der Waals surface area (Å²) in [5.41, 5.74) is 2.73. The average Bonchev–Trinajstić information content (AvgIpc) is 2.83. The van der Waals surface area contributed by atoms with E-state index in [4.69, 9.17) is 9.47 Å². The zero-order chi connectivity index (χ0) is 23.4. The first-order valence-corrected chi connectivity index (χ1v) is 11.6. The number of halogens is 3. The van der Waals surface area contributed by atoms with Gasteiger partial charge in [0.25, 0.3) is 0 Å². The van der Waals surface area contributed by atoms with Gasteiger partial charge >= 0.3 is 0 Å². The second-order valence-electron chi connectivity index (χ2n) is 8.75. The van der Waals surface area contributed by atoms with E-state index in [1.165, 1.54) is 18.2 Å². The van der Waals surface area contributed by atoms with Crippen molar-refractivity contribution in [1.82, 2.24) is 0 Å². The third-order valence-corrected chi connectivity index (χ3v) is 6.37. The molecule has 0 bridgehead atoms. The molecule has 174 valence electrons. The summed E-state index contributed by atoms with van der Waals surface area (Å²) in [6, 6.07) is 15.0. The van der Waals surface area contributed by atoms with Gasteiger partial charge in [-0.1, -0.05) is 43.3 Å². The van der Waals surface area contributed by atoms with Crippen LogP contribution in [-0.2, 0) is 11.3 Å². The Morgan fingerprint density at radius 2 is 1.45 bits per heavy atom. The summed E-state index contributed by atoms with van der Waals surface area (Å²) in [7, 11) is 0. The molecule has 0 unspecified atom stereocenters. The summed E-state index contributed by atoms with van der Waals surface area (Å²) < 4.78 is 54.5. The molecule has 3 aromatic rings. The normalized spacial score (nSPS) is 18.3. The second-order valence-corrected chi connectivity index (χ2v) is 8.75. The maximum Gasteiger partial charge on any atom is 0.201 e. The molecular formula is C28H29F3O2. The molecule has 1 saturated carbocycles. The third kappa shape index (κ3) is 5.41. The van der Waals surface area contributed by atoms with Gasteiger partial charge in [-0.2, -0.15) is 4.39 Å². The van der Waals surface area contributed by atoms with Crippen molar-refractivity contribution in [2.45, 2.75) is 52.2 Å². The Bertz CT molecular complexity index is 1090. The zero-order valence-electron chi connectivity index (χ0n) is 19.0. The third-order valence-electron chi connectivity index (χ3n) is 6.37. The van der Waals surface area contributed by atoms with Crippen LogP contribution in [0.5, 0.6) is 5.75 Å². The quantitative estimate of drug-likeness (QED) is 0.361. The Labute approximate surface area is 193 Å². The highest BCUT2D eigenvalue weighted by Gasteiger charge is 2.19. The van der Waals surface area contributed by atoms with Crippen molar-refractivity contribution in [3.05, 3.63) is 77.6 Å². The van der Waals surface area contributed by atoms with Crippen molar-refractivity contribution in [2.24, 2.45) is 5.92 Å². The SMILES string of the molecule is CCOc1ccc(-c2ccc(-c3ccc(COC4CCC(C)CC4)c(F)c3)cc2)c(F)c1F. The van der Waals surface area contributed by atoms with Crippen LogP contribution >= 0.6 is 0 Å². The molecule has 33 heavy (non-hydrogen) atoms. The molecular weight excluding hydrogens is 425 g/mol. The first-order valence-electron chi connectivity index (χ1n) is 11.6. The highest BCUT2D eigenvalue weighted by molar-refractivity contribution is 5.71. The van der Waals surface area contributed by atoms with E-state index in [2.05, 4.69) is 6.92 Å². The first-order chi connectivity index (χ1) is 16.0. The van der Waals surface area contributed by atoms with Gasteiger partial charge in [-0.15, -0.1) is 0 Å². The van der Waals surface area contributed by atoms with Gasteiger partial charge < -0.3 is 9.47 Å². The topological polar surface area (TPSA) is 18.5 Å². The Hall–Kier alpha value is -2.79. The van der Waals surface area contributed by atoms with E-state index >= 15 is 0 Å². The van der Waals surface area contributed by atoms with Gasteiger partial charge in [-0.05, 0) is 73.4 Å². The monoisotopic (exact) mass is 454 g/mol. The predicted octanol–water partition coefficient (Wildman–Crippen LogP) is 7.93. The minimum atomic E-state index is -0.999. The lowest BCUT2D eigenvalue weighted by Crippen LogP contribution is -2.20. The van der Waals surface area contributed by atoms with E-state index in [9.17, 15) is 13.2 Å². The zero-order valence-corrected chi connectivity index (χ0v) is 19.0. The number of rotatable bonds is 7. The van der Waals surface area contributed by atoms with E-state index in [1.807, 2.05) is 6.07 Å². The minimum absolute atomic E-state index is 0.104. The van der Waals surface area contributed by atoms with E-state index in [0.717, 1.165) is 37.2 Å². The van der Waals surface area contributed by atoms with E-state index < -0.39 is 11.6 Å². The fraction of sp³-hybridized carbons (Fsp3) is 0.357. The minimum Gasteiger partial charge on any atom is -0.491 e. The van der Waals surface area contributed by atoms with Crippen LogP contribution in [0, 0.1) is 23.4 Å². The van der Waals surface area contributed by atoms with Crippen LogP contribution in [0.4, 0.5) is 13.2 Å². The second kappa shape index (κ2) is 10.4. The number of ether oxygens (including phenoxy) is 2. The fourth-order valence-corrected chi connectivity index (χ4v) is 4.31. The molecule has 5 heteroatoms. The summed E-state index contributed by atoms with van der Waals surface area (Å²) in [6.07, 6.45) is 4.60. The van der Waals surface area contributed by atoms with Crippen molar-refractivity contribution in [2.75, 3.05) is 6.61 Å². The smallest absolute Gasteiger partial charge is 0.201 e. The van der Waals surface area contributed by atoms with Crippen LogP contribution in [0.3, 0.4) is 0 Å². The molecule has 1 fully saturated rings. The van der Waals surface area contributed by atoms with Gasteiger partial charge in [-0.3, -0.25) is 0 Å². The molecule has 0 heterocycles. The average molecular weight is 455 g/mol. The lowest BCUT2D eigenvalue weighted by Gasteiger charge is -2.26. The van der Waals surface area contributed by atoms with Gasteiger partial charge in [-0.25, -0.2) is 8.78 Å². The Morgan fingerprint density at radius 3 is 2.12 bits per heavy atom. The molecule has 1 aliphatic carbocycles. The number of benzene rings is 3. The van der Waals surface area contributed by atoms with Crippen molar-refractivity contribution < 1.29 is 22.6 Å². The molecule has 0 atom stereocenters. The Morgan fingerprint density at radius 1 is 0.788 bits per heavy atom. The molecule has 0 spiro atoms. The standard InChI is InChI=1S/C28H29F3O2/c1-3-32-26-15-14-24(27(30)28(26)31)20-8-6-19(7-9-20)21-10-11-22(25(29)16-21)17-33-23-12-4-18(2)5-13-23/h6-11,14-16,18,23H,3-5,12-13,17H2,1-2H3. The van der Waals surface area contributed by atoms with E-state index in [-0.39, 0.29) is 36.4 Å². The maximum absolute atomic E-state index is 14.7. The highest BCUT2D eigenvalue weighted by Crippen LogP contribution is 2.32. The van der Waals surface area contributed by atoms with Crippen molar-refractivity contribution in [3.8, 4) is 28.0 Å². The fourth-order valence-electron chi connectivity index (χ4n) is 4.31. The van der Waals surface area contributed by atoms with Crippen LogP contribution in [0.1, 0.15) is 45.1 Å². The molecule has 2 nitrogen and oxygen atoms in total. The number of hydrogen-bond acceptors (Lipinski definition) is 2. The van der Waals surface area contributed by atoms with Gasteiger partial charge in [0.05, 0.1) is 19.3 Å². The molecule has 0 aromatic heterocycles. The lowest BCUT2D eigenvalue weighted by atomic mass is 9.89. The lowest BCUT2D eigenvalue weighted by molar-refractivity contribution is 0.00760. The largest absolute Gasteiger partial charge is 0.491 e. The Kier molecular flexibility index (Phi) is 7.39. The van der Waals surface area contributed by atoms with E-state index in [1.54, 1.807) is 37.3 Å². The van der Waals surface area contributed by atoms with Crippen LogP contribution in [-0.4, -0.2) is 12.7 Å². The van der Waals surface area contributed by atoms with Gasteiger partial charge in [0.15, 0.2) is 11.6 Å². The van der Waals surface area contributed by atoms with Crippen LogP contribution < -0.4 is 4.74 Å². The van der Waals surface area contributed by atoms with Crippen molar-refractivity contribution in [3.63, 3.8) is 0 Å². The van der Waals surface area contributed by atoms with Crippen LogP contribution in [0.15, 0.2) is 54.6 Å². The van der Waals surface area contributed by atoms with Crippen molar-refractivity contribution >= 4 is 0 Å². The molecule has 4 rings (SSSR count). The predicted molar refractivity (Wildman–Crippen MR) is 125 cm³/mol. The van der Waals surface area contributed by atoms with Crippen LogP contribution in [0.25, 0.3) is 22.3 Å². The van der Waals surface area contributed by atoms with Crippen LogP contribution in [0.2, 0.25) is 0 Å². The molecule has 3 aromatic carbocycles. The molecule has 0 N–H and O–H groups in total. The summed E-state index contributed by atoms with van der Waals surface area (Å²) in [5, 5.41) is 0. The molecule has 0 amide bonds. The molecule has 0 aliphatic heterocycles. The Balaban J connectivity index is 1.46. The van der Waals surface area contributed by atoms with Gasteiger partial charge in [0.1, 0.15) is 5.82 Å². The highest BCUT2D eigenvalue weighted by atomic mass is 19.2. The summed E-state index contributed by atoms with van der Waals surface area (Å²) in [5.74, 6) is -1.61. The van der Waals surface area contributed by atoms with E-state index in [0.29, 0.717) is 16.7 Å². The van der Waals surface area contributed by atoms with Gasteiger partial charge in [0.2, 0.25) is 5.82 Å². The molecule has 0 saturated heterocycles. The molecule has 1 aliphatic rings. The number of hydrogen-bond donors (Lipinski definition) is 0.